The van der Waals surface area contributed by atoms with Crippen molar-refractivity contribution in [1.29, 1.82) is 0 Å². The summed E-state index contributed by atoms with van der Waals surface area (Å²) in [6, 6.07) is 8.19. The van der Waals surface area contributed by atoms with E-state index in [0.717, 1.165) is 17.9 Å². The zero-order valence-corrected chi connectivity index (χ0v) is 20.6. The molecule has 0 saturated carbocycles. The minimum absolute atomic E-state index is 0. The SMILES string of the molecule is CCNC(=NCC(C)(C)C(=O)NC)NC(C)c1ccc(OCC(C)C)cc1.I. The second-order valence-corrected chi connectivity index (χ2v) is 7.80. The molecule has 0 heterocycles. The lowest BCUT2D eigenvalue weighted by atomic mass is 9.93. The van der Waals surface area contributed by atoms with Crippen LogP contribution < -0.4 is 20.7 Å². The Morgan fingerprint density at radius 1 is 1.18 bits per heavy atom. The molecule has 160 valence electrons. The number of hydrogen-bond acceptors (Lipinski definition) is 3. The first-order chi connectivity index (χ1) is 12.7. The molecule has 0 saturated heterocycles. The summed E-state index contributed by atoms with van der Waals surface area (Å²) < 4.78 is 5.74. The number of hydrogen-bond donors (Lipinski definition) is 3. The number of rotatable bonds is 9. The van der Waals surface area contributed by atoms with E-state index in [9.17, 15) is 4.79 Å². The standard InChI is InChI=1S/C21H36N4O2.HI/c1-8-23-20(24-14-21(5,6)19(26)22-7)25-16(4)17-9-11-18(12-10-17)27-13-15(2)3;/h9-12,15-16H,8,13-14H2,1-7H3,(H,22,26)(H2,23,24,25);1H. The summed E-state index contributed by atoms with van der Waals surface area (Å²) in [5.74, 6) is 2.06. The van der Waals surface area contributed by atoms with Gasteiger partial charge in [0.15, 0.2) is 5.96 Å². The maximum Gasteiger partial charge on any atom is 0.227 e. The predicted octanol–water partition coefficient (Wildman–Crippen LogP) is 3.73. The van der Waals surface area contributed by atoms with Gasteiger partial charge in [-0.05, 0) is 51.3 Å². The van der Waals surface area contributed by atoms with Gasteiger partial charge in [-0.3, -0.25) is 9.79 Å². The van der Waals surface area contributed by atoms with Gasteiger partial charge < -0.3 is 20.7 Å². The maximum absolute atomic E-state index is 11.9. The molecule has 0 spiro atoms. The summed E-state index contributed by atoms with van der Waals surface area (Å²) in [6.07, 6.45) is 0. The third kappa shape index (κ3) is 9.12. The quantitative estimate of drug-likeness (QED) is 0.272. The largest absolute Gasteiger partial charge is 0.493 e. The first-order valence-corrected chi connectivity index (χ1v) is 9.69. The normalized spacial score (nSPS) is 12.8. The highest BCUT2D eigenvalue weighted by atomic mass is 127. The zero-order chi connectivity index (χ0) is 20.4. The Morgan fingerprint density at radius 2 is 1.79 bits per heavy atom. The Labute approximate surface area is 187 Å². The number of carbonyl (C=O) groups is 1. The Bertz CT molecular complexity index is 615. The average Bonchev–Trinajstić information content (AvgIpc) is 2.64. The molecule has 7 heteroatoms. The highest BCUT2D eigenvalue weighted by molar-refractivity contribution is 14.0. The van der Waals surface area contributed by atoms with Crippen LogP contribution in [0, 0.1) is 11.3 Å². The van der Waals surface area contributed by atoms with E-state index in [2.05, 4.69) is 53.8 Å². The van der Waals surface area contributed by atoms with Gasteiger partial charge in [-0.2, -0.15) is 0 Å². The minimum atomic E-state index is -0.560. The van der Waals surface area contributed by atoms with Crippen LogP contribution >= 0.6 is 24.0 Å². The summed E-state index contributed by atoms with van der Waals surface area (Å²) >= 11 is 0. The van der Waals surface area contributed by atoms with E-state index in [4.69, 9.17) is 4.74 Å². The van der Waals surface area contributed by atoms with E-state index in [1.54, 1.807) is 7.05 Å². The molecule has 1 amide bonds. The molecule has 0 bridgehead atoms. The van der Waals surface area contributed by atoms with Crippen molar-refractivity contribution in [2.75, 3.05) is 26.7 Å². The summed E-state index contributed by atoms with van der Waals surface area (Å²) in [7, 11) is 1.65. The number of nitrogens with one attached hydrogen (secondary N) is 3. The maximum atomic E-state index is 11.9. The van der Waals surface area contributed by atoms with Gasteiger partial charge in [0.2, 0.25) is 5.91 Å². The molecule has 6 nitrogen and oxygen atoms in total. The van der Waals surface area contributed by atoms with Crippen LogP contribution in [0.25, 0.3) is 0 Å². The molecule has 0 aliphatic heterocycles. The Kier molecular flexibility index (Phi) is 12.2. The minimum Gasteiger partial charge on any atom is -0.493 e. The third-order valence-corrected chi connectivity index (χ3v) is 4.14. The average molecular weight is 504 g/mol. The molecule has 0 fully saturated rings. The van der Waals surface area contributed by atoms with Crippen LogP contribution in [0.15, 0.2) is 29.3 Å². The van der Waals surface area contributed by atoms with E-state index in [1.165, 1.54) is 0 Å². The number of ether oxygens (including phenoxy) is 1. The lowest BCUT2D eigenvalue weighted by Gasteiger charge is -2.22. The van der Waals surface area contributed by atoms with Gasteiger partial charge in [0.25, 0.3) is 0 Å². The number of amides is 1. The lowest BCUT2D eigenvalue weighted by molar-refractivity contribution is -0.128. The van der Waals surface area contributed by atoms with Crippen LogP contribution in [0.5, 0.6) is 5.75 Å². The van der Waals surface area contributed by atoms with E-state index in [1.807, 2.05) is 32.9 Å². The Balaban J connectivity index is 0.00000729. The molecule has 1 aromatic carbocycles. The lowest BCUT2D eigenvalue weighted by Crippen LogP contribution is -2.41. The van der Waals surface area contributed by atoms with Crippen molar-refractivity contribution in [2.24, 2.45) is 16.3 Å². The molecule has 1 unspecified atom stereocenters. The fourth-order valence-corrected chi connectivity index (χ4v) is 2.41. The van der Waals surface area contributed by atoms with Gasteiger partial charge in [0.1, 0.15) is 5.75 Å². The van der Waals surface area contributed by atoms with Gasteiger partial charge in [-0.1, -0.05) is 26.0 Å². The van der Waals surface area contributed by atoms with Gasteiger partial charge in [-0.15, -0.1) is 24.0 Å². The molecular formula is C21H37IN4O2. The van der Waals surface area contributed by atoms with Crippen LogP contribution in [0.1, 0.15) is 53.1 Å². The van der Waals surface area contributed by atoms with Crippen LogP contribution in [0.4, 0.5) is 0 Å². The molecule has 3 N–H and O–H groups in total. The van der Waals surface area contributed by atoms with E-state index in [0.29, 0.717) is 25.0 Å². The van der Waals surface area contributed by atoms with Crippen molar-refractivity contribution in [3.8, 4) is 5.75 Å². The van der Waals surface area contributed by atoms with Crippen molar-refractivity contribution in [1.82, 2.24) is 16.0 Å². The van der Waals surface area contributed by atoms with Crippen molar-refractivity contribution in [2.45, 2.75) is 47.6 Å². The summed E-state index contributed by atoms with van der Waals surface area (Å²) in [4.78, 5) is 16.5. The fourth-order valence-electron chi connectivity index (χ4n) is 2.41. The van der Waals surface area contributed by atoms with E-state index >= 15 is 0 Å². The monoisotopic (exact) mass is 504 g/mol. The molecular weight excluding hydrogens is 467 g/mol. The van der Waals surface area contributed by atoms with Crippen LogP contribution in [-0.4, -0.2) is 38.6 Å². The third-order valence-electron chi connectivity index (χ3n) is 4.14. The number of guanidine groups is 1. The fraction of sp³-hybridized carbons (Fsp3) is 0.619. The summed E-state index contributed by atoms with van der Waals surface area (Å²) in [5, 5.41) is 9.33. The number of carbonyl (C=O) groups excluding carboxylic acids is 1. The number of nitrogens with zero attached hydrogens (tertiary/aromatic N) is 1. The molecule has 1 atom stereocenters. The van der Waals surface area contributed by atoms with Crippen LogP contribution in [0.3, 0.4) is 0 Å². The first kappa shape index (κ1) is 26.5. The van der Waals surface area contributed by atoms with Gasteiger partial charge >= 0.3 is 0 Å². The number of halogens is 1. The topological polar surface area (TPSA) is 74.8 Å². The zero-order valence-electron chi connectivity index (χ0n) is 18.3. The molecule has 1 rings (SSSR count). The summed E-state index contributed by atoms with van der Waals surface area (Å²) in [5.41, 5.74) is 0.582. The molecule has 0 aliphatic carbocycles. The van der Waals surface area contributed by atoms with E-state index in [-0.39, 0.29) is 35.9 Å². The molecule has 0 radical (unpaired) electrons. The smallest absolute Gasteiger partial charge is 0.227 e. The van der Waals surface area contributed by atoms with Crippen molar-refractivity contribution in [3.63, 3.8) is 0 Å². The van der Waals surface area contributed by atoms with Crippen molar-refractivity contribution >= 4 is 35.8 Å². The van der Waals surface area contributed by atoms with Crippen molar-refractivity contribution < 1.29 is 9.53 Å². The van der Waals surface area contributed by atoms with Gasteiger partial charge in [0, 0.05) is 13.6 Å². The Morgan fingerprint density at radius 3 is 2.29 bits per heavy atom. The molecule has 0 aliphatic rings. The van der Waals surface area contributed by atoms with Crippen LogP contribution in [-0.2, 0) is 4.79 Å². The van der Waals surface area contributed by atoms with Gasteiger partial charge in [0.05, 0.1) is 24.6 Å². The summed E-state index contributed by atoms with van der Waals surface area (Å²) in [6.45, 7) is 14.0. The number of aliphatic imine (C=N–C) groups is 1. The van der Waals surface area contributed by atoms with Crippen LogP contribution in [0.2, 0.25) is 0 Å². The molecule has 0 aromatic heterocycles. The van der Waals surface area contributed by atoms with E-state index < -0.39 is 5.41 Å². The van der Waals surface area contributed by atoms with Crippen molar-refractivity contribution in [3.05, 3.63) is 29.8 Å². The second kappa shape index (κ2) is 12.9. The second-order valence-electron chi connectivity index (χ2n) is 7.80. The molecule has 1 aromatic rings. The van der Waals surface area contributed by atoms with Gasteiger partial charge in [-0.25, -0.2) is 0 Å². The highest BCUT2D eigenvalue weighted by Gasteiger charge is 2.26. The predicted molar refractivity (Wildman–Crippen MR) is 128 cm³/mol. The first-order valence-electron chi connectivity index (χ1n) is 9.69. The molecule has 28 heavy (non-hydrogen) atoms. The highest BCUT2D eigenvalue weighted by Crippen LogP contribution is 2.19. The number of benzene rings is 1. The Hall–Kier alpha value is -1.51.